The Labute approximate surface area is 84.6 Å². The van der Waals surface area contributed by atoms with Crippen LogP contribution in [-0.2, 0) is 9.53 Å². The largest absolute Gasteiger partial charge is 0.378 e. The molecule has 3 nitrogen and oxygen atoms in total. The molecule has 1 rings (SSSR count). The number of carbonyl (C=O) groups excluding carboxylic acids is 1. The topological polar surface area (TPSA) is 38.3 Å². The van der Waals surface area contributed by atoms with Crippen molar-refractivity contribution in [2.24, 2.45) is 5.92 Å². The highest BCUT2D eigenvalue weighted by Gasteiger charge is 2.24. The van der Waals surface area contributed by atoms with Crippen LogP contribution in [0.1, 0.15) is 20.3 Å². The molecule has 1 saturated heterocycles. The van der Waals surface area contributed by atoms with Crippen molar-refractivity contribution in [2.45, 2.75) is 31.6 Å². The summed E-state index contributed by atoms with van der Waals surface area (Å²) in [6, 6.07) is 0. The van der Waals surface area contributed by atoms with Crippen molar-refractivity contribution < 1.29 is 9.53 Å². The first-order chi connectivity index (χ1) is 6.11. The molecule has 0 radical (unpaired) electrons. The summed E-state index contributed by atoms with van der Waals surface area (Å²) in [4.78, 5) is 11.2. The van der Waals surface area contributed by atoms with Crippen molar-refractivity contribution in [3.63, 3.8) is 0 Å². The Hall–Kier alpha value is -0.220. The van der Waals surface area contributed by atoms with Crippen LogP contribution in [0.2, 0.25) is 0 Å². The summed E-state index contributed by atoms with van der Waals surface area (Å²) in [5.74, 6) is 0.471. The summed E-state index contributed by atoms with van der Waals surface area (Å²) in [6.45, 7) is 5.35. The molecular weight excluding hydrogens is 186 g/mol. The second-order valence-electron chi connectivity index (χ2n) is 3.55. The second kappa shape index (κ2) is 4.86. The summed E-state index contributed by atoms with van der Waals surface area (Å²) in [5.41, 5.74) is 0. The number of rotatable bonds is 3. The molecule has 1 N–H and O–H groups in total. The highest BCUT2D eigenvalue weighted by Crippen LogP contribution is 2.19. The quantitative estimate of drug-likeness (QED) is 0.667. The molecule has 76 valence electrons. The molecule has 0 aromatic heterocycles. The normalized spacial score (nSPS) is 30.1. The molecule has 0 aromatic carbocycles. The first-order valence-electron chi connectivity index (χ1n) is 4.68. The summed E-state index contributed by atoms with van der Waals surface area (Å²) in [7, 11) is 0. The first kappa shape index (κ1) is 10.9. The minimum absolute atomic E-state index is 0.00225. The van der Waals surface area contributed by atoms with Crippen LogP contribution in [0, 0.1) is 5.92 Å². The molecule has 0 saturated carbocycles. The predicted octanol–water partition coefficient (Wildman–Crippen LogP) is 0.846. The molecule has 0 bridgehead atoms. The van der Waals surface area contributed by atoms with Crippen molar-refractivity contribution in [3.05, 3.63) is 0 Å². The number of amides is 1. The standard InChI is InChI=1S/C9H17NO2S/c1-6-8(3-4-12-6)5-10-9(11)7(2)13/h6-8,13H,3-5H2,1-2H3,(H,10,11). The van der Waals surface area contributed by atoms with Gasteiger partial charge >= 0.3 is 0 Å². The number of ether oxygens (including phenoxy) is 1. The van der Waals surface area contributed by atoms with E-state index in [2.05, 4.69) is 17.9 Å². The summed E-state index contributed by atoms with van der Waals surface area (Å²) < 4.78 is 5.39. The molecule has 0 aromatic rings. The monoisotopic (exact) mass is 203 g/mol. The van der Waals surface area contributed by atoms with Gasteiger partial charge in [0.15, 0.2) is 0 Å². The van der Waals surface area contributed by atoms with Crippen molar-refractivity contribution in [2.75, 3.05) is 13.2 Å². The maximum atomic E-state index is 11.2. The Morgan fingerprint density at radius 3 is 2.92 bits per heavy atom. The SMILES string of the molecule is CC(S)C(=O)NCC1CCOC1C. The van der Waals surface area contributed by atoms with E-state index in [9.17, 15) is 4.79 Å². The Kier molecular flexibility index (Phi) is 4.06. The fourth-order valence-electron chi connectivity index (χ4n) is 1.42. The van der Waals surface area contributed by atoms with Gasteiger partial charge in [0, 0.05) is 19.1 Å². The summed E-state index contributed by atoms with van der Waals surface area (Å²) in [6.07, 6.45) is 1.32. The number of carbonyl (C=O) groups is 1. The first-order valence-corrected chi connectivity index (χ1v) is 5.20. The highest BCUT2D eigenvalue weighted by molar-refractivity contribution is 7.81. The van der Waals surface area contributed by atoms with Crippen LogP contribution in [0.3, 0.4) is 0 Å². The van der Waals surface area contributed by atoms with Crippen molar-refractivity contribution in [3.8, 4) is 0 Å². The van der Waals surface area contributed by atoms with Crippen molar-refractivity contribution >= 4 is 18.5 Å². The number of nitrogens with one attached hydrogen (secondary N) is 1. The molecule has 0 aliphatic carbocycles. The van der Waals surface area contributed by atoms with Gasteiger partial charge in [0.1, 0.15) is 0 Å². The molecule has 0 spiro atoms. The zero-order valence-electron chi connectivity index (χ0n) is 8.12. The molecule has 13 heavy (non-hydrogen) atoms. The van der Waals surface area contributed by atoms with Gasteiger partial charge in [-0.15, -0.1) is 0 Å². The summed E-state index contributed by atoms with van der Waals surface area (Å²) >= 11 is 4.05. The van der Waals surface area contributed by atoms with Gasteiger partial charge in [-0.3, -0.25) is 4.79 Å². The Morgan fingerprint density at radius 1 is 1.77 bits per heavy atom. The maximum Gasteiger partial charge on any atom is 0.232 e. The smallest absolute Gasteiger partial charge is 0.232 e. The second-order valence-corrected chi connectivity index (χ2v) is 4.32. The van der Waals surface area contributed by atoms with E-state index in [0.29, 0.717) is 12.5 Å². The third-order valence-corrected chi connectivity index (χ3v) is 2.69. The number of thiol groups is 1. The van der Waals surface area contributed by atoms with Crippen molar-refractivity contribution in [1.82, 2.24) is 5.32 Å². The van der Waals surface area contributed by atoms with E-state index in [0.717, 1.165) is 13.0 Å². The van der Waals surface area contributed by atoms with Gasteiger partial charge in [-0.05, 0) is 20.3 Å². The van der Waals surface area contributed by atoms with Crippen LogP contribution in [0.25, 0.3) is 0 Å². The van der Waals surface area contributed by atoms with Crippen LogP contribution < -0.4 is 5.32 Å². The molecule has 4 heteroatoms. The Balaban J connectivity index is 2.22. The fourth-order valence-corrected chi connectivity index (χ4v) is 1.51. The van der Waals surface area contributed by atoms with Crippen LogP contribution >= 0.6 is 12.6 Å². The van der Waals surface area contributed by atoms with Gasteiger partial charge in [0.25, 0.3) is 0 Å². The molecule has 1 aliphatic heterocycles. The molecular formula is C9H17NO2S. The van der Waals surface area contributed by atoms with E-state index >= 15 is 0 Å². The lowest BCUT2D eigenvalue weighted by molar-refractivity contribution is -0.120. The van der Waals surface area contributed by atoms with Gasteiger partial charge in [0.05, 0.1) is 11.4 Å². The van der Waals surface area contributed by atoms with Crippen LogP contribution in [0.4, 0.5) is 0 Å². The zero-order chi connectivity index (χ0) is 9.84. The van der Waals surface area contributed by atoms with Gasteiger partial charge < -0.3 is 10.1 Å². The van der Waals surface area contributed by atoms with Crippen molar-refractivity contribution in [1.29, 1.82) is 0 Å². The number of hydrogen-bond donors (Lipinski definition) is 2. The van der Waals surface area contributed by atoms with E-state index in [1.54, 1.807) is 6.92 Å². The Bertz CT molecular complexity index is 184. The lowest BCUT2D eigenvalue weighted by Crippen LogP contribution is -2.35. The third kappa shape index (κ3) is 3.19. The molecule has 3 unspecified atom stereocenters. The predicted molar refractivity (Wildman–Crippen MR) is 55.0 cm³/mol. The lowest BCUT2D eigenvalue weighted by Gasteiger charge is -2.15. The average Bonchev–Trinajstić information content (AvgIpc) is 2.47. The van der Waals surface area contributed by atoms with Crippen LogP contribution in [-0.4, -0.2) is 30.4 Å². The van der Waals surface area contributed by atoms with E-state index < -0.39 is 0 Å². The van der Waals surface area contributed by atoms with E-state index in [1.807, 2.05) is 6.92 Å². The highest BCUT2D eigenvalue weighted by atomic mass is 32.1. The van der Waals surface area contributed by atoms with Gasteiger partial charge in [-0.25, -0.2) is 0 Å². The average molecular weight is 203 g/mol. The molecule has 1 heterocycles. The molecule has 3 atom stereocenters. The number of hydrogen-bond acceptors (Lipinski definition) is 3. The third-order valence-electron chi connectivity index (χ3n) is 2.45. The minimum atomic E-state index is -0.224. The van der Waals surface area contributed by atoms with Crippen LogP contribution in [0.15, 0.2) is 0 Å². The maximum absolute atomic E-state index is 11.2. The lowest BCUT2D eigenvalue weighted by atomic mass is 10.0. The van der Waals surface area contributed by atoms with E-state index in [-0.39, 0.29) is 17.3 Å². The van der Waals surface area contributed by atoms with Crippen LogP contribution in [0.5, 0.6) is 0 Å². The molecule has 1 fully saturated rings. The molecule has 1 aliphatic rings. The van der Waals surface area contributed by atoms with E-state index in [4.69, 9.17) is 4.74 Å². The van der Waals surface area contributed by atoms with Gasteiger partial charge in [0.2, 0.25) is 5.91 Å². The minimum Gasteiger partial charge on any atom is -0.378 e. The van der Waals surface area contributed by atoms with Gasteiger partial charge in [-0.1, -0.05) is 0 Å². The van der Waals surface area contributed by atoms with E-state index in [1.165, 1.54) is 0 Å². The zero-order valence-corrected chi connectivity index (χ0v) is 9.01. The summed E-state index contributed by atoms with van der Waals surface area (Å²) in [5, 5.41) is 2.63. The molecule has 1 amide bonds. The fraction of sp³-hybridized carbons (Fsp3) is 0.889. The van der Waals surface area contributed by atoms with Gasteiger partial charge in [-0.2, -0.15) is 12.6 Å². The Morgan fingerprint density at radius 2 is 2.46 bits per heavy atom.